The van der Waals surface area contributed by atoms with E-state index in [-0.39, 0.29) is 12.1 Å². The van der Waals surface area contributed by atoms with Crippen LogP contribution in [-0.4, -0.2) is 37.8 Å². The quantitative estimate of drug-likeness (QED) is 0.841. The highest BCUT2D eigenvalue weighted by Gasteiger charge is 2.44. The first-order valence-electron chi connectivity index (χ1n) is 7.05. The fourth-order valence-corrected chi connectivity index (χ4v) is 2.59. The van der Waals surface area contributed by atoms with Crippen molar-refractivity contribution in [3.8, 4) is 0 Å². The van der Waals surface area contributed by atoms with E-state index in [1.807, 2.05) is 0 Å². The van der Waals surface area contributed by atoms with Crippen molar-refractivity contribution in [1.29, 1.82) is 0 Å². The Balaban J connectivity index is 1.82. The third kappa shape index (κ3) is 3.67. The van der Waals surface area contributed by atoms with Gasteiger partial charge in [-0.15, -0.1) is 0 Å². The molecule has 1 saturated carbocycles. The summed E-state index contributed by atoms with van der Waals surface area (Å²) >= 11 is 0. The molecule has 106 valence electrons. The number of nitrogens with two attached hydrogens (primary N) is 1. The topological polar surface area (TPSA) is 53.7 Å². The van der Waals surface area contributed by atoms with Crippen LogP contribution < -0.4 is 5.73 Å². The Morgan fingerprint density at radius 2 is 1.94 bits per heavy atom. The normalized spacial score (nSPS) is 32.0. The van der Waals surface area contributed by atoms with Crippen LogP contribution >= 0.6 is 0 Å². The van der Waals surface area contributed by atoms with Crippen LogP contribution in [-0.2, 0) is 14.2 Å². The van der Waals surface area contributed by atoms with E-state index >= 15 is 0 Å². The second-order valence-corrected chi connectivity index (χ2v) is 6.73. The summed E-state index contributed by atoms with van der Waals surface area (Å²) in [6.45, 7) is 8.83. The zero-order chi connectivity index (χ0) is 13.2. The molecule has 2 N–H and O–H groups in total. The highest BCUT2D eigenvalue weighted by atomic mass is 16.7. The molecule has 2 unspecified atom stereocenters. The molecule has 1 aliphatic heterocycles. The fraction of sp³-hybridized carbons (Fsp3) is 1.00. The molecule has 2 aliphatic rings. The fourth-order valence-electron chi connectivity index (χ4n) is 2.59. The maximum absolute atomic E-state index is 6.14. The summed E-state index contributed by atoms with van der Waals surface area (Å²) in [5, 5.41) is 0. The third-order valence-corrected chi connectivity index (χ3v) is 3.85. The number of rotatable bonds is 3. The van der Waals surface area contributed by atoms with E-state index in [4.69, 9.17) is 19.9 Å². The molecule has 1 heterocycles. The molecule has 1 spiro atoms. The van der Waals surface area contributed by atoms with Crippen molar-refractivity contribution < 1.29 is 14.2 Å². The number of hydrogen-bond donors (Lipinski definition) is 1. The minimum absolute atomic E-state index is 0.0687. The largest absolute Gasteiger partial charge is 0.376 e. The van der Waals surface area contributed by atoms with Crippen LogP contribution in [0.5, 0.6) is 0 Å². The second kappa shape index (κ2) is 5.45. The van der Waals surface area contributed by atoms with Crippen molar-refractivity contribution in [3.63, 3.8) is 0 Å². The van der Waals surface area contributed by atoms with Gasteiger partial charge in [-0.05, 0) is 18.3 Å². The molecule has 0 bridgehead atoms. The minimum Gasteiger partial charge on any atom is -0.376 e. The molecule has 1 aliphatic carbocycles. The molecule has 2 rings (SSSR count). The third-order valence-electron chi connectivity index (χ3n) is 3.85. The molecule has 1 saturated heterocycles. The average Bonchev–Trinajstić information content (AvgIpc) is 2.71. The Kier molecular flexibility index (Phi) is 4.32. The molecular formula is C14H27NO3. The van der Waals surface area contributed by atoms with Crippen LogP contribution in [0.3, 0.4) is 0 Å². The summed E-state index contributed by atoms with van der Waals surface area (Å²) in [4.78, 5) is 0. The minimum atomic E-state index is -0.401. The predicted octanol–water partition coefficient (Wildman–Crippen LogP) is 2.06. The standard InChI is InChI=1S/C14H27NO3/c1-13(2,3)6-7-16-12-10-14(5-4-11(12)15)17-8-9-18-14/h11-12H,4-10,15H2,1-3H3. The summed E-state index contributed by atoms with van der Waals surface area (Å²) < 4.78 is 17.5. The van der Waals surface area contributed by atoms with Gasteiger partial charge < -0.3 is 19.9 Å². The van der Waals surface area contributed by atoms with Crippen molar-refractivity contribution >= 4 is 0 Å². The molecule has 0 radical (unpaired) electrons. The van der Waals surface area contributed by atoms with Crippen LogP contribution in [0, 0.1) is 5.41 Å². The number of ether oxygens (including phenoxy) is 3. The van der Waals surface area contributed by atoms with E-state index in [1.54, 1.807) is 0 Å². The first-order valence-corrected chi connectivity index (χ1v) is 7.05. The van der Waals surface area contributed by atoms with Gasteiger partial charge in [0.1, 0.15) is 0 Å². The van der Waals surface area contributed by atoms with E-state index in [0.717, 1.165) is 32.3 Å². The molecule has 4 heteroatoms. The van der Waals surface area contributed by atoms with Gasteiger partial charge in [-0.3, -0.25) is 0 Å². The van der Waals surface area contributed by atoms with Gasteiger partial charge in [-0.1, -0.05) is 20.8 Å². The predicted molar refractivity (Wildman–Crippen MR) is 70.3 cm³/mol. The van der Waals surface area contributed by atoms with Crippen molar-refractivity contribution in [2.45, 2.75) is 64.4 Å². The monoisotopic (exact) mass is 257 g/mol. The molecule has 0 aromatic carbocycles. The molecule has 0 amide bonds. The SMILES string of the molecule is CC(C)(C)CCOC1CC2(CCC1N)OCCO2. The summed E-state index contributed by atoms with van der Waals surface area (Å²) in [7, 11) is 0. The Morgan fingerprint density at radius 1 is 1.28 bits per heavy atom. The van der Waals surface area contributed by atoms with E-state index in [2.05, 4.69) is 20.8 Å². The zero-order valence-corrected chi connectivity index (χ0v) is 11.9. The Morgan fingerprint density at radius 3 is 2.56 bits per heavy atom. The maximum atomic E-state index is 6.14. The molecule has 18 heavy (non-hydrogen) atoms. The Labute approximate surface area is 110 Å². The van der Waals surface area contributed by atoms with Crippen molar-refractivity contribution in [3.05, 3.63) is 0 Å². The average molecular weight is 257 g/mol. The van der Waals surface area contributed by atoms with Crippen LogP contribution in [0.15, 0.2) is 0 Å². The molecule has 2 atom stereocenters. The maximum Gasteiger partial charge on any atom is 0.171 e. The smallest absolute Gasteiger partial charge is 0.171 e. The highest BCUT2D eigenvalue weighted by Crippen LogP contribution is 2.36. The van der Waals surface area contributed by atoms with Crippen molar-refractivity contribution in [1.82, 2.24) is 0 Å². The Bertz CT molecular complexity index is 269. The van der Waals surface area contributed by atoms with Gasteiger partial charge >= 0.3 is 0 Å². The van der Waals surface area contributed by atoms with E-state index < -0.39 is 5.79 Å². The van der Waals surface area contributed by atoms with E-state index in [9.17, 15) is 0 Å². The molecule has 4 nitrogen and oxygen atoms in total. The lowest BCUT2D eigenvalue weighted by Gasteiger charge is -2.39. The van der Waals surface area contributed by atoms with E-state index in [0.29, 0.717) is 18.6 Å². The van der Waals surface area contributed by atoms with Gasteiger partial charge in [0.05, 0.1) is 19.3 Å². The highest BCUT2D eigenvalue weighted by molar-refractivity contribution is 4.90. The van der Waals surface area contributed by atoms with Gasteiger partial charge in [-0.25, -0.2) is 0 Å². The summed E-state index contributed by atoms with van der Waals surface area (Å²) in [5.41, 5.74) is 6.45. The van der Waals surface area contributed by atoms with Gasteiger partial charge in [0, 0.05) is 25.5 Å². The molecule has 0 aromatic heterocycles. The second-order valence-electron chi connectivity index (χ2n) is 6.73. The van der Waals surface area contributed by atoms with Gasteiger partial charge in [0.25, 0.3) is 0 Å². The summed E-state index contributed by atoms with van der Waals surface area (Å²) in [5.74, 6) is -0.401. The summed E-state index contributed by atoms with van der Waals surface area (Å²) in [6, 6.07) is 0.114. The van der Waals surface area contributed by atoms with Crippen molar-refractivity contribution in [2.75, 3.05) is 19.8 Å². The van der Waals surface area contributed by atoms with Crippen molar-refractivity contribution in [2.24, 2.45) is 11.1 Å². The van der Waals surface area contributed by atoms with Gasteiger partial charge in [0.15, 0.2) is 5.79 Å². The molecule has 2 fully saturated rings. The number of hydrogen-bond acceptors (Lipinski definition) is 4. The molecular weight excluding hydrogens is 230 g/mol. The van der Waals surface area contributed by atoms with Crippen LogP contribution in [0.2, 0.25) is 0 Å². The van der Waals surface area contributed by atoms with Gasteiger partial charge in [-0.2, -0.15) is 0 Å². The van der Waals surface area contributed by atoms with Crippen LogP contribution in [0.25, 0.3) is 0 Å². The lowest BCUT2D eigenvalue weighted by molar-refractivity contribution is -0.205. The van der Waals surface area contributed by atoms with Gasteiger partial charge in [0.2, 0.25) is 0 Å². The molecule has 0 aromatic rings. The zero-order valence-electron chi connectivity index (χ0n) is 11.9. The van der Waals surface area contributed by atoms with Crippen LogP contribution in [0.4, 0.5) is 0 Å². The lowest BCUT2D eigenvalue weighted by Crippen LogP contribution is -2.50. The first kappa shape index (κ1) is 14.3. The van der Waals surface area contributed by atoms with Crippen LogP contribution in [0.1, 0.15) is 46.5 Å². The van der Waals surface area contributed by atoms with E-state index in [1.165, 1.54) is 0 Å². The first-order chi connectivity index (χ1) is 8.40. The lowest BCUT2D eigenvalue weighted by atomic mass is 9.87. The summed E-state index contributed by atoms with van der Waals surface area (Å²) in [6.07, 6.45) is 3.70. The Hall–Kier alpha value is -0.160.